The van der Waals surface area contributed by atoms with Crippen molar-refractivity contribution >= 4 is 56.5 Å². The lowest BCUT2D eigenvalue weighted by Crippen LogP contribution is -2.09. The number of halogens is 2. The molecular formula is C17H14Cl2N4O2S. The number of hydrogen-bond acceptors (Lipinski definition) is 7. The standard InChI is InChI=1S/C17H14Cl2N4O2S/c18-10-5-8(6-21-14(10)19)17(24)25-7-12-22-15(20)13-9-3-1-2-4-11(9)26-16(13)23-12/h5-6H,1-4,7H2,(H2,20,22,23). The highest BCUT2D eigenvalue weighted by Crippen LogP contribution is 2.37. The molecule has 1 aliphatic rings. The zero-order valence-corrected chi connectivity index (χ0v) is 15.9. The Balaban J connectivity index is 1.55. The number of nitrogens with zero attached hydrogens (tertiary/aromatic N) is 3. The molecule has 0 amide bonds. The van der Waals surface area contributed by atoms with Gasteiger partial charge in [-0.05, 0) is 37.3 Å². The zero-order chi connectivity index (χ0) is 18.3. The van der Waals surface area contributed by atoms with Crippen molar-refractivity contribution in [2.75, 3.05) is 5.73 Å². The number of fused-ring (bicyclic) bond motifs is 3. The average Bonchev–Trinajstić information content (AvgIpc) is 3.00. The first-order valence-electron chi connectivity index (χ1n) is 8.07. The van der Waals surface area contributed by atoms with Gasteiger partial charge in [-0.15, -0.1) is 11.3 Å². The first-order chi connectivity index (χ1) is 12.5. The van der Waals surface area contributed by atoms with E-state index in [0.717, 1.165) is 29.5 Å². The van der Waals surface area contributed by atoms with Crippen molar-refractivity contribution < 1.29 is 9.53 Å². The molecule has 1 aliphatic carbocycles. The Kier molecular flexibility index (Phi) is 4.69. The summed E-state index contributed by atoms with van der Waals surface area (Å²) in [5.74, 6) is 0.232. The number of pyridine rings is 1. The molecule has 0 saturated carbocycles. The maximum Gasteiger partial charge on any atom is 0.340 e. The van der Waals surface area contributed by atoms with Gasteiger partial charge in [-0.2, -0.15) is 0 Å². The molecule has 2 N–H and O–H groups in total. The van der Waals surface area contributed by atoms with E-state index >= 15 is 0 Å². The van der Waals surface area contributed by atoms with E-state index in [0.29, 0.717) is 11.6 Å². The Hall–Kier alpha value is -1.96. The Morgan fingerprint density at radius 2 is 2.08 bits per heavy atom. The highest BCUT2D eigenvalue weighted by atomic mass is 35.5. The largest absolute Gasteiger partial charge is 0.454 e. The van der Waals surface area contributed by atoms with E-state index in [2.05, 4.69) is 15.0 Å². The number of hydrogen-bond donors (Lipinski definition) is 1. The van der Waals surface area contributed by atoms with Crippen molar-refractivity contribution in [3.63, 3.8) is 0 Å². The fourth-order valence-corrected chi connectivity index (χ4v) is 4.60. The molecule has 9 heteroatoms. The summed E-state index contributed by atoms with van der Waals surface area (Å²) in [6.45, 7) is -0.0816. The van der Waals surface area contributed by atoms with Crippen molar-refractivity contribution in [1.82, 2.24) is 15.0 Å². The first kappa shape index (κ1) is 17.5. The molecule has 6 nitrogen and oxygen atoms in total. The molecule has 0 unspecified atom stereocenters. The fraction of sp³-hybridized carbons (Fsp3) is 0.294. The first-order valence-corrected chi connectivity index (χ1v) is 9.65. The smallest absolute Gasteiger partial charge is 0.340 e. The van der Waals surface area contributed by atoms with Crippen LogP contribution in [0.15, 0.2) is 12.3 Å². The van der Waals surface area contributed by atoms with Crippen LogP contribution in [-0.4, -0.2) is 20.9 Å². The molecule has 0 aliphatic heterocycles. The van der Waals surface area contributed by atoms with Gasteiger partial charge in [0.05, 0.1) is 16.0 Å². The molecule has 3 aromatic heterocycles. The highest BCUT2D eigenvalue weighted by Gasteiger charge is 2.20. The third kappa shape index (κ3) is 3.22. The number of aromatic nitrogens is 3. The second-order valence-electron chi connectivity index (χ2n) is 5.99. The summed E-state index contributed by atoms with van der Waals surface area (Å²) in [5.41, 5.74) is 7.64. The van der Waals surface area contributed by atoms with Gasteiger partial charge in [0, 0.05) is 11.1 Å². The number of ether oxygens (including phenoxy) is 1. The quantitative estimate of drug-likeness (QED) is 0.515. The summed E-state index contributed by atoms with van der Waals surface area (Å²) >= 11 is 13.3. The number of carbonyl (C=O) groups excluding carboxylic acids is 1. The number of nitrogen functional groups attached to an aromatic ring is 1. The minimum absolute atomic E-state index is 0.0816. The van der Waals surface area contributed by atoms with Crippen molar-refractivity contribution in [1.29, 1.82) is 0 Å². The molecule has 4 rings (SSSR count). The van der Waals surface area contributed by atoms with E-state index in [1.165, 1.54) is 29.1 Å². The fourth-order valence-electron chi connectivity index (χ4n) is 3.04. The van der Waals surface area contributed by atoms with Gasteiger partial charge in [-0.1, -0.05) is 23.2 Å². The van der Waals surface area contributed by atoms with Crippen LogP contribution in [0.25, 0.3) is 10.2 Å². The van der Waals surface area contributed by atoms with E-state index in [1.807, 2.05) is 0 Å². The van der Waals surface area contributed by atoms with Gasteiger partial charge in [0.2, 0.25) is 0 Å². The van der Waals surface area contributed by atoms with E-state index in [4.69, 9.17) is 33.7 Å². The summed E-state index contributed by atoms with van der Waals surface area (Å²) in [7, 11) is 0. The summed E-state index contributed by atoms with van der Waals surface area (Å²) in [6, 6.07) is 1.41. The van der Waals surface area contributed by atoms with Crippen LogP contribution in [0, 0.1) is 0 Å². The van der Waals surface area contributed by atoms with Crippen LogP contribution >= 0.6 is 34.5 Å². The molecule has 0 atom stereocenters. The average molecular weight is 409 g/mol. The van der Waals surface area contributed by atoms with E-state index in [-0.39, 0.29) is 22.3 Å². The summed E-state index contributed by atoms with van der Waals surface area (Å²) < 4.78 is 5.26. The lowest BCUT2D eigenvalue weighted by molar-refractivity contribution is 0.0462. The molecule has 0 saturated heterocycles. The number of aryl methyl sites for hydroxylation is 2. The Labute approximate surface area is 163 Å². The molecular weight excluding hydrogens is 395 g/mol. The van der Waals surface area contributed by atoms with Crippen LogP contribution in [-0.2, 0) is 24.2 Å². The number of carbonyl (C=O) groups is 1. The van der Waals surface area contributed by atoms with E-state index in [1.54, 1.807) is 11.3 Å². The Morgan fingerprint density at radius 1 is 1.27 bits per heavy atom. The minimum Gasteiger partial charge on any atom is -0.454 e. The normalized spacial score (nSPS) is 13.6. The topological polar surface area (TPSA) is 91.0 Å². The van der Waals surface area contributed by atoms with Gasteiger partial charge < -0.3 is 10.5 Å². The predicted molar refractivity (Wildman–Crippen MR) is 102 cm³/mol. The second-order valence-corrected chi connectivity index (χ2v) is 7.84. The van der Waals surface area contributed by atoms with Crippen molar-refractivity contribution in [2.45, 2.75) is 32.3 Å². The molecule has 134 valence electrons. The molecule has 3 heterocycles. The van der Waals surface area contributed by atoms with E-state index in [9.17, 15) is 4.79 Å². The van der Waals surface area contributed by atoms with Gasteiger partial charge in [0.25, 0.3) is 0 Å². The minimum atomic E-state index is -0.580. The van der Waals surface area contributed by atoms with Crippen LogP contribution in [0.4, 0.5) is 5.82 Å². The third-order valence-corrected chi connectivity index (χ3v) is 6.13. The second kappa shape index (κ2) is 6.98. The molecule has 26 heavy (non-hydrogen) atoms. The van der Waals surface area contributed by atoms with Crippen molar-refractivity contribution in [3.8, 4) is 0 Å². The monoisotopic (exact) mass is 408 g/mol. The Bertz CT molecular complexity index is 1020. The molecule has 0 aromatic carbocycles. The lowest BCUT2D eigenvalue weighted by Gasteiger charge is -2.10. The van der Waals surface area contributed by atoms with Gasteiger partial charge in [0.15, 0.2) is 12.4 Å². The molecule has 3 aromatic rings. The number of anilines is 1. The van der Waals surface area contributed by atoms with Gasteiger partial charge in [0.1, 0.15) is 15.8 Å². The van der Waals surface area contributed by atoms with Crippen LogP contribution in [0.5, 0.6) is 0 Å². The summed E-state index contributed by atoms with van der Waals surface area (Å²) in [5, 5.41) is 1.27. The number of rotatable bonds is 3. The summed E-state index contributed by atoms with van der Waals surface area (Å²) in [4.78, 5) is 27.0. The lowest BCUT2D eigenvalue weighted by atomic mass is 9.97. The Morgan fingerprint density at radius 3 is 2.88 bits per heavy atom. The maximum absolute atomic E-state index is 12.1. The van der Waals surface area contributed by atoms with Gasteiger partial charge >= 0.3 is 5.97 Å². The highest BCUT2D eigenvalue weighted by molar-refractivity contribution is 7.19. The van der Waals surface area contributed by atoms with Crippen molar-refractivity contribution in [3.05, 3.63) is 44.3 Å². The third-order valence-electron chi connectivity index (χ3n) is 4.25. The van der Waals surface area contributed by atoms with Crippen LogP contribution in [0.2, 0.25) is 10.2 Å². The number of thiophene rings is 1. The zero-order valence-electron chi connectivity index (χ0n) is 13.6. The van der Waals surface area contributed by atoms with Gasteiger partial charge in [-0.25, -0.2) is 19.7 Å². The number of nitrogens with two attached hydrogens (primary N) is 1. The van der Waals surface area contributed by atoms with Crippen molar-refractivity contribution in [2.24, 2.45) is 0 Å². The number of esters is 1. The van der Waals surface area contributed by atoms with Gasteiger partial charge in [-0.3, -0.25) is 0 Å². The predicted octanol–water partition coefficient (Wildman–Crippen LogP) is 4.21. The maximum atomic E-state index is 12.1. The SMILES string of the molecule is Nc1nc(COC(=O)c2cnc(Cl)c(Cl)c2)nc2sc3c(c12)CCCC3. The van der Waals surface area contributed by atoms with Crippen LogP contribution in [0.3, 0.4) is 0 Å². The summed E-state index contributed by atoms with van der Waals surface area (Å²) in [6.07, 6.45) is 5.74. The molecule has 0 spiro atoms. The van der Waals surface area contributed by atoms with Crippen LogP contribution < -0.4 is 5.73 Å². The molecule has 0 fully saturated rings. The van der Waals surface area contributed by atoms with Crippen LogP contribution in [0.1, 0.15) is 39.5 Å². The molecule has 0 bridgehead atoms. The van der Waals surface area contributed by atoms with E-state index < -0.39 is 5.97 Å². The molecule has 0 radical (unpaired) electrons.